The van der Waals surface area contributed by atoms with Gasteiger partial charge in [0.25, 0.3) is 0 Å². The molecule has 1 aliphatic heterocycles. The van der Waals surface area contributed by atoms with Crippen molar-refractivity contribution in [3.8, 4) is 0 Å². The summed E-state index contributed by atoms with van der Waals surface area (Å²) in [4.78, 5) is 11.8. The molecule has 0 bridgehead atoms. The summed E-state index contributed by atoms with van der Waals surface area (Å²) in [6.07, 6.45) is 4.57. The van der Waals surface area contributed by atoms with Crippen LogP contribution in [0.3, 0.4) is 0 Å². The fraction of sp³-hybridized carbons (Fsp3) is 0.824. The molecule has 0 saturated carbocycles. The molecule has 0 radical (unpaired) electrons. The molecule has 1 heterocycles. The Labute approximate surface area is 150 Å². The Kier molecular flexibility index (Phi) is 7.59. The minimum absolute atomic E-state index is 0.0186. The fourth-order valence-corrected chi connectivity index (χ4v) is 4.11. The molecule has 0 amide bonds. The second kappa shape index (κ2) is 8.28. The van der Waals surface area contributed by atoms with E-state index in [1.807, 2.05) is 4.08 Å². The van der Waals surface area contributed by atoms with Crippen molar-refractivity contribution in [1.82, 2.24) is 0 Å². The van der Waals surface area contributed by atoms with E-state index < -0.39 is 8.32 Å². The number of carbonyl (C=O) groups excluding carboxylic acids is 1. The third kappa shape index (κ3) is 5.96. The largest absolute Gasteiger partial charge is 0.462 e. The predicted octanol–water partition coefficient (Wildman–Crippen LogP) is 5.30. The van der Waals surface area contributed by atoms with E-state index in [1.54, 1.807) is 0 Å². The van der Waals surface area contributed by atoms with Gasteiger partial charge in [0.2, 0.25) is 0 Å². The highest BCUT2D eigenvalue weighted by Gasteiger charge is 2.37. The highest BCUT2D eigenvalue weighted by Crippen LogP contribution is 2.37. The van der Waals surface area contributed by atoms with Gasteiger partial charge in [-0.1, -0.05) is 56.4 Å². The topological polar surface area (TPSA) is 35.5 Å². The Hall–Kier alpha value is 0.117. The van der Waals surface area contributed by atoms with Crippen molar-refractivity contribution in [3.05, 3.63) is 10.2 Å². The van der Waals surface area contributed by atoms with E-state index in [4.69, 9.17) is 9.16 Å². The van der Waals surface area contributed by atoms with Gasteiger partial charge in [0.15, 0.2) is 8.32 Å². The van der Waals surface area contributed by atoms with E-state index in [0.29, 0.717) is 12.3 Å². The first kappa shape index (κ1) is 20.2. The fourth-order valence-electron chi connectivity index (χ4n) is 2.39. The maximum absolute atomic E-state index is 11.8. The zero-order valence-corrected chi connectivity index (χ0v) is 18.0. The Morgan fingerprint density at radius 3 is 2.64 bits per heavy atom. The number of hydrogen-bond acceptors (Lipinski definition) is 3. The number of esters is 1. The minimum Gasteiger partial charge on any atom is -0.462 e. The average molecular weight is 438 g/mol. The van der Waals surface area contributed by atoms with Gasteiger partial charge in [-0.2, -0.15) is 0 Å². The number of halogens is 1. The summed E-state index contributed by atoms with van der Waals surface area (Å²) in [6, 6.07) is 0. The van der Waals surface area contributed by atoms with Crippen molar-refractivity contribution in [3.63, 3.8) is 0 Å². The molecule has 0 aromatic carbocycles. The van der Waals surface area contributed by atoms with Crippen LogP contribution in [0.15, 0.2) is 10.2 Å². The van der Waals surface area contributed by atoms with Crippen LogP contribution in [-0.2, 0) is 14.0 Å². The molecule has 0 unspecified atom stereocenters. The zero-order chi connectivity index (χ0) is 17.0. The second-order valence-electron chi connectivity index (χ2n) is 7.91. The van der Waals surface area contributed by atoms with Crippen LogP contribution in [0.5, 0.6) is 0 Å². The maximum Gasteiger partial charge on any atom is 0.306 e. The van der Waals surface area contributed by atoms with Crippen LogP contribution in [0.1, 0.15) is 47.0 Å². The minimum atomic E-state index is -1.69. The first-order valence-electron chi connectivity index (χ1n) is 8.17. The Balaban J connectivity index is 2.50. The van der Waals surface area contributed by atoms with Crippen LogP contribution in [0, 0.1) is 11.8 Å². The lowest BCUT2D eigenvalue weighted by Crippen LogP contribution is -2.41. The van der Waals surface area contributed by atoms with E-state index in [-0.39, 0.29) is 23.0 Å². The third-order valence-electron chi connectivity index (χ3n) is 5.06. The van der Waals surface area contributed by atoms with E-state index in [0.717, 1.165) is 19.4 Å². The second-order valence-corrected chi connectivity index (χ2v) is 13.4. The van der Waals surface area contributed by atoms with Gasteiger partial charge in [0, 0.05) is 18.9 Å². The number of hydrogen-bond donors (Lipinski definition) is 0. The monoisotopic (exact) mass is 438 g/mol. The molecule has 1 saturated heterocycles. The SMILES string of the molecule is C[C@H](/C=C/I)[C@H]1C[C@@H](CCO[Si](C)(C)C(C)(C)C)CC(=O)O1. The number of rotatable bonds is 6. The van der Waals surface area contributed by atoms with Gasteiger partial charge < -0.3 is 9.16 Å². The standard InChI is InChI=1S/C17H31IO3Si/c1-13(7-9-18)15-11-14(12-16(19)21-15)8-10-20-22(5,6)17(2,3)4/h7,9,13-15H,8,10-12H2,1-6H3/b9-7+/t13-,14-,15-/m1/s1. The normalized spacial score (nSPS) is 25.3. The van der Waals surface area contributed by atoms with Crippen molar-refractivity contribution < 1.29 is 14.0 Å². The number of carbonyl (C=O) groups is 1. The molecule has 128 valence electrons. The molecule has 3 atom stereocenters. The van der Waals surface area contributed by atoms with E-state index in [9.17, 15) is 4.79 Å². The Bertz CT molecular complexity index is 401. The third-order valence-corrected chi connectivity index (χ3v) is 10.0. The lowest BCUT2D eigenvalue weighted by molar-refractivity contribution is -0.159. The number of ether oxygens (including phenoxy) is 1. The first-order chi connectivity index (χ1) is 10.1. The van der Waals surface area contributed by atoms with Crippen molar-refractivity contribution in [2.24, 2.45) is 11.8 Å². The molecule has 0 aromatic rings. The molecule has 1 fully saturated rings. The van der Waals surface area contributed by atoms with Gasteiger partial charge in [-0.3, -0.25) is 4.79 Å². The molecule has 3 nitrogen and oxygen atoms in total. The Morgan fingerprint density at radius 1 is 1.45 bits per heavy atom. The smallest absolute Gasteiger partial charge is 0.306 e. The number of cyclic esters (lactones) is 1. The molecule has 0 spiro atoms. The molecular weight excluding hydrogens is 407 g/mol. The van der Waals surface area contributed by atoms with Crippen molar-refractivity contribution >= 4 is 36.9 Å². The van der Waals surface area contributed by atoms with Crippen LogP contribution in [0.4, 0.5) is 0 Å². The van der Waals surface area contributed by atoms with Gasteiger partial charge >= 0.3 is 5.97 Å². The lowest BCUT2D eigenvalue weighted by Gasteiger charge is -2.37. The van der Waals surface area contributed by atoms with Gasteiger partial charge in [-0.05, 0) is 41.0 Å². The molecule has 1 aliphatic rings. The Morgan fingerprint density at radius 2 is 2.09 bits per heavy atom. The first-order valence-corrected chi connectivity index (χ1v) is 12.3. The average Bonchev–Trinajstić information content (AvgIpc) is 2.36. The van der Waals surface area contributed by atoms with Crippen LogP contribution in [-0.4, -0.2) is 27.0 Å². The summed E-state index contributed by atoms with van der Waals surface area (Å²) in [5.74, 6) is 0.619. The quantitative estimate of drug-likeness (QED) is 0.321. The van der Waals surface area contributed by atoms with E-state index >= 15 is 0 Å². The zero-order valence-electron chi connectivity index (χ0n) is 14.8. The summed E-state index contributed by atoms with van der Waals surface area (Å²) in [6.45, 7) is 14.2. The highest BCUT2D eigenvalue weighted by atomic mass is 127. The van der Waals surface area contributed by atoms with Gasteiger partial charge in [-0.25, -0.2) is 0 Å². The summed E-state index contributed by atoms with van der Waals surface area (Å²) in [5, 5.41) is 0.237. The maximum atomic E-state index is 11.8. The predicted molar refractivity (Wildman–Crippen MR) is 103 cm³/mol. The molecule has 0 aliphatic carbocycles. The summed E-state index contributed by atoms with van der Waals surface area (Å²) < 4.78 is 13.8. The molecule has 1 rings (SSSR count). The summed E-state index contributed by atoms with van der Waals surface area (Å²) >= 11 is 2.21. The van der Waals surface area contributed by atoms with Crippen molar-refractivity contribution in [2.45, 2.75) is 71.2 Å². The molecular formula is C17H31IO3Si. The van der Waals surface area contributed by atoms with Crippen LogP contribution in [0.25, 0.3) is 0 Å². The molecule has 0 N–H and O–H groups in total. The van der Waals surface area contributed by atoms with Crippen molar-refractivity contribution in [1.29, 1.82) is 0 Å². The highest BCUT2D eigenvalue weighted by molar-refractivity contribution is 14.1. The summed E-state index contributed by atoms with van der Waals surface area (Å²) in [7, 11) is -1.69. The van der Waals surface area contributed by atoms with E-state index in [1.165, 1.54) is 0 Å². The summed E-state index contributed by atoms with van der Waals surface area (Å²) in [5.41, 5.74) is 0. The van der Waals surface area contributed by atoms with Crippen LogP contribution in [0.2, 0.25) is 18.1 Å². The van der Waals surface area contributed by atoms with Gasteiger partial charge in [0.1, 0.15) is 6.10 Å². The van der Waals surface area contributed by atoms with Crippen molar-refractivity contribution in [2.75, 3.05) is 6.61 Å². The van der Waals surface area contributed by atoms with Gasteiger partial charge in [-0.15, -0.1) is 0 Å². The molecule has 5 heteroatoms. The van der Waals surface area contributed by atoms with E-state index in [2.05, 4.69) is 69.5 Å². The molecule has 0 aromatic heterocycles. The van der Waals surface area contributed by atoms with Crippen LogP contribution >= 0.6 is 22.6 Å². The van der Waals surface area contributed by atoms with Gasteiger partial charge in [0.05, 0.1) is 0 Å². The molecule has 22 heavy (non-hydrogen) atoms. The lowest BCUT2D eigenvalue weighted by atomic mass is 9.87. The van der Waals surface area contributed by atoms with Crippen LogP contribution < -0.4 is 0 Å².